The molecule has 1 aromatic carbocycles. The van der Waals surface area contributed by atoms with E-state index >= 15 is 0 Å². The summed E-state index contributed by atoms with van der Waals surface area (Å²) in [5.74, 6) is 0.0805. The molecule has 1 aromatic rings. The topological polar surface area (TPSA) is 113 Å². The number of nitro benzene ring substituents is 1. The Balaban J connectivity index is 0.00000280. The van der Waals surface area contributed by atoms with E-state index in [4.69, 9.17) is 0 Å². The summed E-state index contributed by atoms with van der Waals surface area (Å²) in [5.41, 5.74) is -0.259. The Morgan fingerprint density at radius 2 is 1.93 bits per heavy atom. The summed E-state index contributed by atoms with van der Waals surface area (Å²) in [4.78, 5) is 24.6. The van der Waals surface area contributed by atoms with Gasteiger partial charge in [-0.15, -0.1) is 12.4 Å². The molecule has 0 radical (unpaired) electrons. The van der Waals surface area contributed by atoms with E-state index in [2.05, 4.69) is 12.2 Å². The monoisotopic (exact) mass is 432 g/mol. The molecule has 0 aliphatic carbocycles. The molecule has 2 atom stereocenters. The van der Waals surface area contributed by atoms with Crippen molar-refractivity contribution < 1.29 is 18.1 Å². The van der Waals surface area contributed by atoms with E-state index in [1.54, 1.807) is 4.90 Å². The molecule has 2 heterocycles. The van der Waals surface area contributed by atoms with E-state index in [1.807, 2.05) is 0 Å². The molecule has 0 saturated carbocycles. The van der Waals surface area contributed by atoms with Crippen LogP contribution in [0.4, 0.5) is 5.69 Å². The zero-order valence-electron chi connectivity index (χ0n) is 15.6. The molecular formula is C17H25ClN4O5S. The average Bonchev–Trinajstić information content (AvgIpc) is 2.67. The van der Waals surface area contributed by atoms with Gasteiger partial charge in [0.25, 0.3) is 5.69 Å². The predicted molar refractivity (Wildman–Crippen MR) is 106 cm³/mol. The zero-order valence-corrected chi connectivity index (χ0v) is 17.2. The van der Waals surface area contributed by atoms with E-state index < -0.39 is 14.9 Å². The van der Waals surface area contributed by atoms with Crippen molar-refractivity contribution in [3.05, 3.63) is 34.4 Å². The lowest BCUT2D eigenvalue weighted by atomic mass is 9.92. The molecule has 2 aliphatic heterocycles. The summed E-state index contributed by atoms with van der Waals surface area (Å²) in [6.45, 7) is 3.94. The Morgan fingerprint density at radius 1 is 1.25 bits per heavy atom. The van der Waals surface area contributed by atoms with Crippen molar-refractivity contribution in [1.82, 2.24) is 14.5 Å². The maximum Gasteiger partial charge on any atom is 0.270 e. The number of non-ortho nitro benzene ring substituents is 1. The Bertz CT molecular complexity index is 827. The van der Waals surface area contributed by atoms with Crippen LogP contribution < -0.4 is 5.32 Å². The van der Waals surface area contributed by atoms with Gasteiger partial charge in [-0.25, -0.2) is 8.42 Å². The fourth-order valence-corrected chi connectivity index (χ4v) is 5.13. The van der Waals surface area contributed by atoms with Gasteiger partial charge in [-0.1, -0.05) is 6.07 Å². The molecule has 2 fully saturated rings. The fraction of sp³-hybridized carbons (Fsp3) is 0.588. The molecule has 0 spiro atoms. The molecule has 2 saturated heterocycles. The first-order chi connectivity index (χ1) is 12.8. The van der Waals surface area contributed by atoms with Gasteiger partial charge in [0.15, 0.2) is 0 Å². The lowest BCUT2D eigenvalue weighted by Crippen LogP contribution is -2.53. The first-order valence-electron chi connectivity index (χ1n) is 9.06. The van der Waals surface area contributed by atoms with E-state index in [-0.39, 0.29) is 47.9 Å². The Morgan fingerprint density at radius 3 is 2.54 bits per heavy atom. The molecule has 0 bridgehead atoms. The first-order valence-corrected chi connectivity index (χ1v) is 10.5. The van der Waals surface area contributed by atoms with Gasteiger partial charge in [-0.2, -0.15) is 4.31 Å². The van der Waals surface area contributed by atoms with Gasteiger partial charge >= 0.3 is 0 Å². The van der Waals surface area contributed by atoms with Crippen LogP contribution >= 0.6 is 12.4 Å². The number of sulfonamides is 1. The lowest BCUT2D eigenvalue weighted by molar-refractivity contribution is -0.385. The van der Waals surface area contributed by atoms with Crippen LogP contribution in [0.15, 0.2) is 29.2 Å². The number of nitro groups is 1. The lowest BCUT2D eigenvalue weighted by Gasteiger charge is -2.37. The third-order valence-electron chi connectivity index (χ3n) is 5.19. The number of halogens is 1. The minimum atomic E-state index is -3.82. The summed E-state index contributed by atoms with van der Waals surface area (Å²) in [5, 5.41) is 14.2. The number of nitrogens with one attached hydrogen (secondary N) is 1. The number of hydrogen-bond acceptors (Lipinski definition) is 6. The molecule has 1 N–H and O–H groups in total. The van der Waals surface area contributed by atoms with Gasteiger partial charge in [0.05, 0.1) is 9.82 Å². The number of hydrogen-bond donors (Lipinski definition) is 1. The number of amides is 1. The van der Waals surface area contributed by atoms with Crippen LogP contribution in [-0.4, -0.2) is 67.2 Å². The quantitative estimate of drug-likeness (QED) is 0.565. The molecule has 2 aliphatic rings. The molecule has 156 valence electrons. The number of carbonyl (C=O) groups is 1. The molecule has 11 heteroatoms. The Labute approximate surface area is 170 Å². The van der Waals surface area contributed by atoms with Crippen molar-refractivity contribution in [3.8, 4) is 0 Å². The van der Waals surface area contributed by atoms with Crippen molar-refractivity contribution in [3.63, 3.8) is 0 Å². The molecular weight excluding hydrogens is 408 g/mol. The van der Waals surface area contributed by atoms with Crippen molar-refractivity contribution in [2.24, 2.45) is 5.92 Å². The van der Waals surface area contributed by atoms with Crippen LogP contribution in [-0.2, 0) is 14.8 Å². The normalized spacial score (nSPS) is 23.7. The second-order valence-corrected chi connectivity index (χ2v) is 9.00. The number of nitrogens with zero attached hydrogens (tertiary/aromatic N) is 3. The van der Waals surface area contributed by atoms with E-state index in [9.17, 15) is 23.3 Å². The van der Waals surface area contributed by atoms with E-state index in [0.29, 0.717) is 19.1 Å². The maximum absolute atomic E-state index is 12.8. The van der Waals surface area contributed by atoms with Crippen LogP contribution in [0.3, 0.4) is 0 Å². The van der Waals surface area contributed by atoms with Gasteiger partial charge < -0.3 is 10.2 Å². The van der Waals surface area contributed by atoms with Gasteiger partial charge in [-0.05, 0) is 32.4 Å². The van der Waals surface area contributed by atoms with Crippen LogP contribution in [0, 0.1) is 16.0 Å². The summed E-state index contributed by atoms with van der Waals surface area (Å²) in [6, 6.07) is 5.36. The van der Waals surface area contributed by atoms with Crippen molar-refractivity contribution in [2.75, 3.05) is 32.7 Å². The Hall–Kier alpha value is -1.75. The van der Waals surface area contributed by atoms with Crippen LogP contribution in [0.5, 0.6) is 0 Å². The van der Waals surface area contributed by atoms with Crippen molar-refractivity contribution >= 4 is 34.0 Å². The largest absolute Gasteiger partial charge is 0.340 e. The average molecular weight is 433 g/mol. The predicted octanol–water partition coefficient (Wildman–Crippen LogP) is 1.24. The molecule has 0 aromatic heterocycles. The third kappa shape index (κ3) is 4.80. The standard InChI is InChI=1S/C17H24N4O5S.ClH/c1-13-11-14(5-6-18-13)17(22)19-7-9-20(10-8-19)27(25,26)16-4-2-3-15(12-16)21(23)24;/h2-4,12-14,18H,5-11H2,1H3;1H/t13-,14-;/m0./s1. The minimum Gasteiger partial charge on any atom is -0.340 e. The Kier molecular flexibility index (Phi) is 7.38. The number of piperidine rings is 1. The highest BCUT2D eigenvalue weighted by Gasteiger charge is 2.34. The third-order valence-corrected chi connectivity index (χ3v) is 7.08. The number of carbonyl (C=O) groups excluding carboxylic acids is 1. The van der Waals surface area contributed by atoms with Crippen LogP contribution in [0.1, 0.15) is 19.8 Å². The maximum atomic E-state index is 12.8. The van der Waals surface area contributed by atoms with E-state index in [1.165, 1.54) is 22.5 Å². The number of rotatable bonds is 4. The number of benzene rings is 1. The first kappa shape index (κ1) is 22.5. The van der Waals surface area contributed by atoms with Gasteiger partial charge in [-0.3, -0.25) is 14.9 Å². The summed E-state index contributed by atoms with van der Waals surface area (Å²) in [7, 11) is -3.82. The SMILES string of the molecule is C[C@H]1C[C@@H](C(=O)N2CCN(S(=O)(=O)c3cccc([N+](=O)[O-])c3)CC2)CCN1.Cl. The second kappa shape index (κ2) is 9.17. The van der Waals surface area contributed by atoms with Crippen molar-refractivity contribution in [1.29, 1.82) is 0 Å². The molecule has 3 rings (SSSR count). The van der Waals surface area contributed by atoms with Crippen LogP contribution in [0.2, 0.25) is 0 Å². The number of piperazine rings is 1. The van der Waals surface area contributed by atoms with Gasteiger partial charge in [0, 0.05) is 50.3 Å². The highest BCUT2D eigenvalue weighted by atomic mass is 35.5. The molecule has 9 nitrogen and oxygen atoms in total. The molecule has 28 heavy (non-hydrogen) atoms. The summed E-state index contributed by atoms with van der Waals surface area (Å²) in [6.07, 6.45) is 1.60. The highest BCUT2D eigenvalue weighted by Crippen LogP contribution is 2.24. The van der Waals surface area contributed by atoms with E-state index in [0.717, 1.165) is 25.5 Å². The van der Waals surface area contributed by atoms with Crippen LogP contribution in [0.25, 0.3) is 0 Å². The fourth-order valence-electron chi connectivity index (χ4n) is 3.67. The zero-order chi connectivity index (χ0) is 19.6. The minimum absolute atomic E-state index is 0. The molecule has 1 amide bonds. The smallest absolute Gasteiger partial charge is 0.270 e. The van der Waals surface area contributed by atoms with Gasteiger partial charge in [0.1, 0.15) is 0 Å². The second-order valence-electron chi connectivity index (χ2n) is 7.06. The summed E-state index contributed by atoms with van der Waals surface area (Å²) >= 11 is 0. The molecule has 0 unspecified atom stereocenters. The summed E-state index contributed by atoms with van der Waals surface area (Å²) < 4.78 is 26.8. The van der Waals surface area contributed by atoms with Gasteiger partial charge in [0.2, 0.25) is 15.9 Å². The van der Waals surface area contributed by atoms with Crippen molar-refractivity contribution in [2.45, 2.75) is 30.7 Å². The highest BCUT2D eigenvalue weighted by molar-refractivity contribution is 7.89.